The molecule has 0 aliphatic rings. The number of benzene rings is 1. The maximum Gasteiger partial charge on any atom is 0.340 e. The van der Waals surface area contributed by atoms with Crippen LogP contribution in [0.2, 0.25) is 0 Å². The summed E-state index contributed by atoms with van der Waals surface area (Å²) in [5.41, 5.74) is 2.68. The number of carbonyl (C=O) groups is 1. The summed E-state index contributed by atoms with van der Waals surface area (Å²) >= 11 is 6.86. The summed E-state index contributed by atoms with van der Waals surface area (Å²) in [5, 5.41) is 7.36. The van der Waals surface area contributed by atoms with E-state index in [9.17, 15) is 4.79 Å². The van der Waals surface area contributed by atoms with E-state index in [-0.39, 0.29) is 5.97 Å². The van der Waals surface area contributed by atoms with E-state index in [1.807, 2.05) is 36.4 Å². The second-order valence-electron chi connectivity index (χ2n) is 5.78. The summed E-state index contributed by atoms with van der Waals surface area (Å²) in [5.74, 6) is -0.386. The van der Waals surface area contributed by atoms with Crippen LogP contribution in [0.25, 0.3) is 0 Å². The number of aromatic nitrogens is 1. The predicted molar refractivity (Wildman–Crippen MR) is 112 cm³/mol. The third kappa shape index (κ3) is 5.35. The van der Waals surface area contributed by atoms with Gasteiger partial charge in [-0.05, 0) is 35.5 Å². The minimum Gasteiger partial charge on any atom is -0.465 e. The third-order valence-corrected chi connectivity index (χ3v) is 5.11. The van der Waals surface area contributed by atoms with Gasteiger partial charge in [0.1, 0.15) is 5.00 Å². The van der Waals surface area contributed by atoms with Crippen molar-refractivity contribution in [1.29, 1.82) is 0 Å². The van der Waals surface area contributed by atoms with Gasteiger partial charge in [0.05, 0.1) is 12.7 Å². The molecule has 0 spiro atoms. The lowest BCUT2D eigenvalue weighted by Crippen LogP contribution is -2.28. The first kappa shape index (κ1) is 19.0. The van der Waals surface area contributed by atoms with Crippen LogP contribution >= 0.6 is 23.6 Å². The Kier molecular flexibility index (Phi) is 6.51. The zero-order chi connectivity index (χ0) is 19.1. The number of thiophene rings is 1. The van der Waals surface area contributed by atoms with Gasteiger partial charge in [0.25, 0.3) is 0 Å². The highest BCUT2D eigenvalue weighted by Gasteiger charge is 2.18. The van der Waals surface area contributed by atoms with Gasteiger partial charge in [0, 0.05) is 30.2 Å². The fraction of sp³-hybridized carbons (Fsp3) is 0.150. The number of esters is 1. The Morgan fingerprint density at radius 1 is 1.19 bits per heavy atom. The third-order valence-electron chi connectivity index (χ3n) is 3.81. The Hall–Kier alpha value is -2.77. The minimum atomic E-state index is -0.386. The Morgan fingerprint density at radius 3 is 2.67 bits per heavy atom. The van der Waals surface area contributed by atoms with Gasteiger partial charge in [0.2, 0.25) is 0 Å². The van der Waals surface area contributed by atoms with Crippen molar-refractivity contribution in [2.24, 2.45) is 0 Å². The van der Waals surface area contributed by atoms with Gasteiger partial charge >= 0.3 is 5.97 Å². The standard InChI is InChI=1S/C20H19N3O2S2/c1-25-19(24)17-11-16(10-14-6-3-2-4-7-14)27-18(17)23-20(26)22-13-15-8-5-9-21-12-15/h2-9,11-12H,10,13H2,1H3,(H2,22,23,26). The summed E-state index contributed by atoms with van der Waals surface area (Å²) in [7, 11) is 1.37. The van der Waals surface area contributed by atoms with Crippen molar-refractivity contribution in [1.82, 2.24) is 10.3 Å². The van der Waals surface area contributed by atoms with Gasteiger partial charge in [-0.3, -0.25) is 4.98 Å². The second-order valence-corrected chi connectivity index (χ2v) is 7.32. The Morgan fingerprint density at radius 2 is 1.96 bits per heavy atom. The fourth-order valence-corrected chi connectivity index (χ4v) is 3.83. The molecular formula is C20H19N3O2S2. The zero-order valence-corrected chi connectivity index (χ0v) is 16.4. The lowest BCUT2D eigenvalue weighted by Gasteiger charge is -2.10. The number of nitrogens with one attached hydrogen (secondary N) is 2. The Labute approximate surface area is 167 Å². The van der Waals surface area contributed by atoms with Crippen LogP contribution in [-0.2, 0) is 17.7 Å². The highest BCUT2D eigenvalue weighted by atomic mass is 32.1. The average Bonchev–Trinajstić information content (AvgIpc) is 3.09. The first-order valence-corrected chi connectivity index (χ1v) is 9.57. The predicted octanol–water partition coefficient (Wildman–Crippen LogP) is 4.01. The van der Waals surface area contributed by atoms with Gasteiger partial charge in [-0.1, -0.05) is 36.4 Å². The molecule has 0 aliphatic carbocycles. The molecule has 2 aromatic heterocycles. The summed E-state index contributed by atoms with van der Waals surface area (Å²) in [6.45, 7) is 0.551. The molecular weight excluding hydrogens is 378 g/mol. The number of hydrogen-bond donors (Lipinski definition) is 2. The molecule has 3 rings (SSSR count). The first-order valence-electron chi connectivity index (χ1n) is 8.34. The Bertz CT molecular complexity index is 911. The highest BCUT2D eigenvalue weighted by molar-refractivity contribution is 7.80. The van der Waals surface area contributed by atoms with Crippen LogP contribution in [0.3, 0.4) is 0 Å². The molecule has 0 atom stereocenters. The summed E-state index contributed by atoms with van der Waals surface area (Å²) in [4.78, 5) is 17.3. The number of carbonyl (C=O) groups excluding carboxylic acids is 1. The van der Waals surface area contributed by atoms with E-state index >= 15 is 0 Å². The molecule has 7 heteroatoms. The molecule has 2 heterocycles. The van der Waals surface area contributed by atoms with E-state index in [0.29, 0.717) is 22.2 Å². The SMILES string of the molecule is COC(=O)c1cc(Cc2ccccc2)sc1NC(=S)NCc1cccnc1. The minimum absolute atomic E-state index is 0.386. The van der Waals surface area contributed by atoms with Gasteiger partial charge in [-0.15, -0.1) is 11.3 Å². The quantitative estimate of drug-likeness (QED) is 0.484. The Balaban J connectivity index is 1.70. The zero-order valence-electron chi connectivity index (χ0n) is 14.8. The maximum absolute atomic E-state index is 12.1. The fourth-order valence-electron chi connectivity index (χ4n) is 2.51. The molecule has 0 unspecified atom stereocenters. The lowest BCUT2D eigenvalue weighted by molar-refractivity contribution is 0.0602. The van der Waals surface area contributed by atoms with Crippen LogP contribution in [0.4, 0.5) is 5.00 Å². The van der Waals surface area contributed by atoms with E-state index in [4.69, 9.17) is 17.0 Å². The number of ether oxygens (including phenoxy) is 1. The molecule has 0 aliphatic heterocycles. The van der Waals surface area contributed by atoms with E-state index in [0.717, 1.165) is 16.9 Å². The maximum atomic E-state index is 12.1. The topological polar surface area (TPSA) is 63.2 Å². The van der Waals surface area contributed by atoms with E-state index < -0.39 is 0 Å². The van der Waals surface area contributed by atoms with Crippen LogP contribution in [-0.4, -0.2) is 23.2 Å². The molecule has 0 saturated heterocycles. The number of hydrogen-bond acceptors (Lipinski definition) is 5. The number of pyridine rings is 1. The van der Waals surface area contributed by atoms with Crippen LogP contribution in [0, 0.1) is 0 Å². The molecule has 27 heavy (non-hydrogen) atoms. The number of methoxy groups -OCH3 is 1. The smallest absolute Gasteiger partial charge is 0.340 e. The molecule has 2 N–H and O–H groups in total. The van der Waals surface area contributed by atoms with E-state index in [1.54, 1.807) is 12.4 Å². The molecule has 0 radical (unpaired) electrons. The molecule has 0 saturated carbocycles. The number of rotatable bonds is 6. The van der Waals surface area contributed by atoms with Crippen LogP contribution in [0.5, 0.6) is 0 Å². The van der Waals surface area contributed by atoms with Gasteiger partial charge in [-0.25, -0.2) is 4.79 Å². The molecule has 0 amide bonds. The number of nitrogens with zero attached hydrogens (tertiary/aromatic N) is 1. The van der Waals surface area contributed by atoms with Crippen molar-refractivity contribution in [2.75, 3.05) is 12.4 Å². The van der Waals surface area contributed by atoms with Crippen molar-refractivity contribution in [3.05, 3.63) is 82.5 Å². The second kappa shape index (κ2) is 9.25. The van der Waals surface area contributed by atoms with Crippen LogP contribution in [0.1, 0.15) is 26.4 Å². The number of thiocarbonyl (C=S) groups is 1. The first-order chi connectivity index (χ1) is 13.2. The van der Waals surface area contributed by atoms with Gasteiger partial charge < -0.3 is 15.4 Å². The highest BCUT2D eigenvalue weighted by Crippen LogP contribution is 2.30. The summed E-state index contributed by atoms with van der Waals surface area (Å²) in [6, 6.07) is 15.8. The van der Waals surface area contributed by atoms with Gasteiger partial charge in [0.15, 0.2) is 5.11 Å². The van der Waals surface area contributed by atoms with Crippen LogP contribution in [0.15, 0.2) is 60.9 Å². The van der Waals surface area contributed by atoms with E-state index in [2.05, 4.69) is 27.8 Å². The van der Waals surface area contributed by atoms with Crippen molar-refractivity contribution < 1.29 is 9.53 Å². The monoisotopic (exact) mass is 397 g/mol. The summed E-state index contributed by atoms with van der Waals surface area (Å²) in [6.07, 6.45) is 4.24. The summed E-state index contributed by atoms with van der Waals surface area (Å²) < 4.78 is 4.91. The molecule has 3 aromatic rings. The average molecular weight is 398 g/mol. The largest absolute Gasteiger partial charge is 0.465 e. The normalized spacial score (nSPS) is 10.3. The van der Waals surface area contributed by atoms with Crippen molar-refractivity contribution in [3.63, 3.8) is 0 Å². The molecule has 5 nitrogen and oxygen atoms in total. The number of anilines is 1. The van der Waals surface area contributed by atoms with Crippen molar-refractivity contribution in [3.8, 4) is 0 Å². The molecule has 138 valence electrons. The van der Waals surface area contributed by atoms with Crippen molar-refractivity contribution >= 4 is 39.6 Å². The van der Waals surface area contributed by atoms with E-state index in [1.165, 1.54) is 24.0 Å². The van der Waals surface area contributed by atoms with Crippen molar-refractivity contribution in [2.45, 2.75) is 13.0 Å². The van der Waals surface area contributed by atoms with Gasteiger partial charge in [-0.2, -0.15) is 0 Å². The lowest BCUT2D eigenvalue weighted by atomic mass is 10.1. The molecule has 1 aromatic carbocycles. The molecule has 0 fully saturated rings. The molecule has 0 bridgehead atoms. The van der Waals surface area contributed by atoms with Crippen LogP contribution < -0.4 is 10.6 Å².